The van der Waals surface area contributed by atoms with Gasteiger partial charge >= 0.3 is 5.91 Å². The maximum atomic E-state index is 13.3. The fraction of sp³-hybridized carbons (Fsp3) is 0.148. The van der Waals surface area contributed by atoms with Crippen molar-refractivity contribution in [3.05, 3.63) is 94.0 Å². The number of carbonyl (C=O) groups excluding carboxylic acids is 2. The van der Waals surface area contributed by atoms with Crippen LogP contribution in [0.1, 0.15) is 29.7 Å². The zero-order valence-corrected chi connectivity index (χ0v) is 20.6. The van der Waals surface area contributed by atoms with Crippen LogP contribution in [0.15, 0.2) is 72.3 Å². The zero-order chi connectivity index (χ0) is 24.7. The van der Waals surface area contributed by atoms with Crippen molar-refractivity contribution in [3.8, 4) is 5.75 Å². The number of Topliss-reactive ketones (excluding diaryl/α,β-unsaturated/α-hetero) is 1. The summed E-state index contributed by atoms with van der Waals surface area (Å²) in [4.78, 5) is 32.6. The SMILES string of the molecule is CCOc1ccc2nc(N3C(=O)C(=O)C(=C(O)c4ccc(C)cc4)C3c3ccc(Cl)cc3)sc2c1. The number of aryl methyl sites for hydroxylation is 1. The molecule has 1 amide bonds. The van der Waals surface area contributed by atoms with Gasteiger partial charge in [-0.05, 0) is 49.7 Å². The largest absolute Gasteiger partial charge is 0.507 e. The second-order valence-electron chi connectivity index (χ2n) is 8.15. The molecule has 8 heteroatoms. The molecule has 1 atom stereocenters. The molecule has 1 saturated heterocycles. The van der Waals surface area contributed by atoms with Gasteiger partial charge in [0.2, 0.25) is 0 Å². The lowest BCUT2D eigenvalue weighted by molar-refractivity contribution is -0.132. The Morgan fingerprint density at radius 2 is 1.80 bits per heavy atom. The number of ketones is 1. The van der Waals surface area contributed by atoms with E-state index in [0.717, 1.165) is 10.3 Å². The van der Waals surface area contributed by atoms with Crippen molar-refractivity contribution in [1.82, 2.24) is 4.98 Å². The Kier molecular flexibility index (Phi) is 6.05. The van der Waals surface area contributed by atoms with Crippen molar-refractivity contribution in [2.75, 3.05) is 11.5 Å². The van der Waals surface area contributed by atoms with Crippen molar-refractivity contribution in [3.63, 3.8) is 0 Å². The van der Waals surface area contributed by atoms with Crippen molar-refractivity contribution in [2.45, 2.75) is 19.9 Å². The number of anilines is 1. The maximum Gasteiger partial charge on any atom is 0.301 e. The molecule has 1 N–H and O–H groups in total. The number of carbonyl (C=O) groups is 2. The fourth-order valence-electron chi connectivity index (χ4n) is 4.11. The van der Waals surface area contributed by atoms with Gasteiger partial charge in [0.25, 0.3) is 5.78 Å². The molecule has 5 rings (SSSR count). The Labute approximate surface area is 211 Å². The number of benzene rings is 3. The highest BCUT2D eigenvalue weighted by Crippen LogP contribution is 2.44. The molecule has 35 heavy (non-hydrogen) atoms. The molecule has 3 aromatic carbocycles. The van der Waals surface area contributed by atoms with Gasteiger partial charge in [0.05, 0.1) is 28.4 Å². The van der Waals surface area contributed by atoms with Crippen LogP contribution in [-0.4, -0.2) is 28.4 Å². The van der Waals surface area contributed by atoms with Gasteiger partial charge < -0.3 is 9.84 Å². The van der Waals surface area contributed by atoms with E-state index in [0.29, 0.717) is 39.2 Å². The normalized spacial score (nSPS) is 17.3. The minimum Gasteiger partial charge on any atom is -0.507 e. The minimum absolute atomic E-state index is 0.00966. The molecule has 0 radical (unpaired) electrons. The molecule has 0 bridgehead atoms. The molecule has 176 valence electrons. The maximum absolute atomic E-state index is 13.3. The van der Waals surface area contributed by atoms with Gasteiger partial charge in [-0.25, -0.2) is 4.98 Å². The lowest BCUT2D eigenvalue weighted by atomic mass is 9.95. The summed E-state index contributed by atoms with van der Waals surface area (Å²) >= 11 is 7.39. The number of fused-ring (bicyclic) bond motifs is 1. The lowest BCUT2D eigenvalue weighted by Crippen LogP contribution is -2.29. The van der Waals surface area contributed by atoms with Gasteiger partial charge in [-0.3, -0.25) is 14.5 Å². The summed E-state index contributed by atoms with van der Waals surface area (Å²) in [7, 11) is 0. The summed E-state index contributed by atoms with van der Waals surface area (Å²) in [6, 6.07) is 18.6. The van der Waals surface area contributed by atoms with Gasteiger partial charge in [-0.1, -0.05) is 64.9 Å². The Hall–Kier alpha value is -3.68. The van der Waals surface area contributed by atoms with Crippen molar-refractivity contribution < 1.29 is 19.4 Å². The first-order valence-corrected chi connectivity index (χ1v) is 12.2. The number of halogens is 1. The van der Waals surface area contributed by atoms with Crippen LogP contribution in [0.2, 0.25) is 5.02 Å². The van der Waals surface area contributed by atoms with Crippen LogP contribution in [-0.2, 0) is 9.59 Å². The molecule has 6 nitrogen and oxygen atoms in total. The van der Waals surface area contributed by atoms with E-state index < -0.39 is 17.7 Å². The number of nitrogens with zero attached hydrogens (tertiary/aromatic N) is 2. The Morgan fingerprint density at radius 3 is 2.49 bits per heavy atom. The number of ether oxygens (including phenoxy) is 1. The highest BCUT2D eigenvalue weighted by molar-refractivity contribution is 7.22. The average Bonchev–Trinajstić information content (AvgIpc) is 3.38. The number of hydrogen-bond donors (Lipinski definition) is 1. The standard InChI is InChI=1S/C27H21ClN2O4S/c1-3-34-19-12-13-20-21(14-19)35-27(29-20)30-23(16-8-10-18(28)11-9-16)22(25(32)26(30)33)24(31)17-6-4-15(2)5-7-17/h4-14,23,31H,3H2,1-2H3. The van der Waals surface area contributed by atoms with Crippen LogP contribution in [0.25, 0.3) is 16.0 Å². The van der Waals surface area contributed by atoms with E-state index in [4.69, 9.17) is 16.3 Å². The second kappa shape index (κ2) is 9.17. The quantitative estimate of drug-likeness (QED) is 0.196. The summed E-state index contributed by atoms with van der Waals surface area (Å²) in [6.07, 6.45) is 0. The van der Waals surface area contributed by atoms with Gasteiger partial charge in [0, 0.05) is 10.6 Å². The molecular weight excluding hydrogens is 484 g/mol. The summed E-state index contributed by atoms with van der Waals surface area (Å²) in [6.45, 7) is 4.36. The predicted octanol–water partition coefficient (Wildman–Crippen LogP) is 6.28. The molecule has 1 aromatic heterocycles. The third-order valence-corrected chi connectivity index (χ3v) is 7.09. The van der Waals surface area contributed by atoms with Crippen LogP contribution in [0.3, 0.4) is 0 Å². The third-order valence-electron chi connectivity index (χ3n) is 5.82. The number of aliphatic hydroxyl groups excluding tert-OH is 1. The number of hydrogen-bond acceptors (Lipinski definition) is 6. The van der Waals surface area contributed by atoms with E-state index in [2.05, 4.69) is 4.98 Å². The van der Waals surface area contributed by atoms with Gasteiger partial charge in [-0.2, -0.15) is 0 Å². The Bertz CT molecular complexity index is 1480. The average molecular weight is 505 g/mol. The summed E-state index contributed by atoms with van der Waals surface area (Å²) in [5.41, 5.74) is 2.80. The molecular formula is C27H21ClN2O4S. The fourth-order valence-corrected chi connectivity index (χ4v) is 5.26. The van der Waals surface area contributed by atoms with Crippen molar-refractivity contribution in [1.29, 1.82) is 0 Å². The minimum atomic E-state index is -0.861. The molecule has 1 aliphatic heterocycles. The molecule has 1 aliphatic rings. The number of aliphatic hydroxyl groups is 1. The molecule has 0 spiro atoms. The third kappa shape index (κ3) is 4.17. The topological polar surface area (TPSA) is 79.7 Å². The van der Waals surface area contributed by atoms with E-state index in [1.54, 1.807) is 36.4 Å². The van der Waals surface area contributed by atoms with E-state index in [9.17, 15) is 14.7 Å². The summed E-state index contributed by atoms with van der Waals surface area (Å²) in [5.74, 6) is -1.04. The first-order chi connectivity index (χ1) is 16.9. The molecule has 4 aromatic rings. The van der Waals surface area contributed by atoms with E-state index >= 15 is 0 Å². The molecule has 0 saturated carbocycles. The van der Waals surface area contributed by atoms with Gasteiger partial charge in [0.15, 0.2) is 5.13 Å². The van der Waals surface area contributed by atoms with Crippen LogP contribution in [0.5, 0.6) is 5.75 Å². The first kappa shape index (κ1) is 23.1. The van der Waals surface area contributed by atoms with Crippen LogP contribution >= 0.6 is 22.9 Å². The number of thiazole rings is 1. The van der Waals surface area contributed by atoms with Crippen LogP contribution < -0.4 is 9.64 Å². The zero-order valence-electron chi connectivity index (χ0n) is 19.0. The number of amides is 1. The Balaban J connectivity index is 1.69. The van der Waals surface area contributed by atoms with Crippen molar-refractivity contribution >= 4 is 55.7 Å². The monoisotopic (exact) mass is 504 g/mol. The highest BCUT2D eigenvalue weighted by atomic mass is 35.5. The van der Waals surface area contributed by atoms with E-state index in [1.165, 1.54) is 16.2 Å². The Morgan fingerprint density at radius 1 is 1.09 bits per heavy atom. The van der Waals surface area contributed by atoms with Gasteiger partial charge in [-0.15, -0.1) is 0 Å². The second-order valence-corrected chi connectivity index (χ2v) is 9.59. The van der Waals surface area contributed by atoms with E-state index in [-0.39, 0.29) is 11.3 Å². The van der Waals surface area contributed by atoms with Crippen molar-refractivity contribution in [2.24, 2.45) is 0 Å². The summed E-state index contributed by atoms with van der Waals surface area (Å²) in [5, 5.41) is 12.1. The molecule has 1 fully saturated rings. The number of aromatic nitrogens is 1. The molecule has 2 heterocycles. The highest BCUT2D eigenvalue weighted by Gasteiger charge is 2.48. The summed E-state index contributed by atoms with van der Waals surface area (Å²) < 4.78 is 6.41. The predicted molar refractivity (Wildman–Crippen MR) is 138 cm³/mol. The lowest BCUT2D eigenvalue weighted by Gasteiger charge is -2.23. The van der Waals surface area contributed by atoms with Crippen LogP contribution in [0.4, 0.5) is 5.13 Å². The van der Waals surface area contributed by atoms with Gasteiger partial charge in [0.1, 0.15) is 11.5 Å². The first-order valence-electron chi connectivity index (χ1n) is 11.0. The molecule has 1 unspecified atom stereocenters. The molecule has 0 aliphatic carbocycles. The van der Waals surface area contributed by atoms with Crippen LogP contribution in [0, 0.1) is 6.92 Å². The smallest absolute Gasteiger partial charge is 0.301 e. The van der Waals surface area contributed by atoms with E-state index in [1.807, 2.05) is 44.2 Å². The number of rotatable bonds is 5.